The Bertz CT molecular complexity index is 518. The average Bonchev–Trinajstić information content (AvgIpc) is 2.40. The van der Waals surface area contributed by atoms with E-state index in [4.69, 9.17) is 0 Å². The summed E-state index contributed by atoms with van der Waals surface area (Å²) in [5, 5.41) is 14.3. The molecule has 0 heterocycles. The Morgan fingerprint density at radius 2 is 1.95 bits per heavy atom. The molecule has 0 aromatic heterocycles. The van der Waals surface area contributed by atoms with Crippen molar-refractivity contribution in [2.24, 2.45) is 5.92 Å². The normalized spacial score (nSPS) is 12.1. The van der Waals surface area contributed by atoms with Crippen LogP contribution in [0.5, 0.6) is 0 Å². The number of nitrogens with one attached hydrogen (secondary N) is 2. The Labute approximate surface area is 123 Å². The van der Waals surface area contributed by atoms with Crippen LogP contribution in [0.2, 0.25) is 0 Å². The van der Waals surface area contributed by atoms with Crippen molar-refractivity contribution in [2.45, 2.75) is 33.3 Å². The first-order valence-electron chi connectivity index (χ1n) is 6.83. The molecule has 6 heteroatoms. The first-order chi connectivity index (χ1) is 9.81. The van der Waals surface area contributed by atoms with Crippen LogP contribution < -0.4 is 10.6 Å². The van der Waals surface area contributed by atoms with Gasteiger partial charge in [0.05, 0.1) is 6.10 Å². The van der Waals surface area contributed by atoms with E-state index in [9.17, 15) is 19.1 Å². The summed E-state index contributed by atoms with van der Waals surface area (Å²) >= 11 is 0. The highest BCUT2D eigenvalue weighted by Crippen LogP contribution is 2.17. The Hall–Kier alpha value is -1.95. The molecule has 116 valence electrons. The van der Waals surface area contributed by atoms with Crippen molar-refractivity contribution in [1.29, 1.82) is 0 Å². The summed E-state index contributed by atoms with van der Waals surface area (Å²) in [6, 6.07) is 4.23. The molecule has 2 amide bonds. The molecule has 5 nitrogen and oxygen atoms in total. The van der Waals surface area contributed by atoms with Crippen LogP contribution >= 0.6 is 0 Å². The van der Waals surface area contributed by atoms with Crippen LogP contribution in [-0.4, -0.2) is 29.6 Å². The molecule has 0 aliphatic heterocycles. The van der Waals surface area contributed by atoms with Gasteiger partial charge in [-0.15, -0.1) is 0 Å². The number of benzene rings is 1. The molecule has 0 saturated carbocycles. The van der Waals surface area contributed by atoms with Crippen molar-refractivity contribution in [3.05, 3.63) is 29.6 Å². The number of carbonyl (C=O) groups is 2. The molecule has 1 atom stereocenters. The number of hydrogen-bond donors (Lipinski definition) is 3. The monoisotopic (exact) mass is 296 g/mol. The standard InChI is InChI=1S/C15H21FN2O3/c1-9(2)7-11(19)8-17-14(20)15(21)18-13-6-4-5-12(16)10(13)3/h4-6,9,11,19H,7-8H2,1-3H3,(H,17,20)(H,18,21). The van der Waals surface area contributed by atoms with Gasteiger partial charge < -0.3 is 15.7 Å². The van der Waals surface area contributed by atoms with Gasteiger partial charge in [-0.05, 0) is 31.4 Å². The Morgan fingerprint density at radius 1 is 1.29 bits per heavy atom. The van der Waals surface area contributed by atoms with E-state index in [-0.39, 0.29) is 17.8 Å². The van der Waals surface area contributed by atoms with Gasteiger partial charge in [0.1, 0.15) is 5.82 Å². The number of aliphatic hydroxyl groups is 1. The minimum atomic E-state index is -0.888. The number of rotatable bonds is 5. The molecule has 0 spiro atoms. The van der Waals surface area contributed by atoms with E-state index >= 15 is 0 Å². The minimum absolute atomic E-state index is 0.00651. The maximum absolute atomic E-state index is 13.3. The molecule has 0 aliphatic carbocycles. The van der Waals surface area contributed by atoms with Gasteiger partial charge in [-0.25, -0.2) is 4.39 Å². The van der Waals surface area contributed by atoms with Gasteiger partial charge in [-0.3, -0.25) is 9.59 Å². The summed E-state index contributed by atoms with van der Waals surface area (Å²) in [6.45, 7) is 5.41. The van der Waals surface area contributed by atoms with Crippen molar-refractivity contribution < 1.29 is 19.1 Å². The van der Waals surface area contributed by atoms with Crippen LogP contribution in [0.25, 0.3) is 0 Å². The van der Waals surface area contributed by atoms with E-state index in [1.807, 2.05) is 13.8 Å². The summed E-state index contributed by atoms with van der Waals surface area (Å²) in [7, 11) is 0. The first-order valence-corrected chi connectivity index (χ1v) is 6.83. The van der Waals surface area contributed by atoms with Gasteiger partial charge in [0.25, 0.3) is 0 Å². The topological polar surface area (TPSA) is 78.4 Å². The minimum Gasteiger partial charge on any atom is -0.391 e. The van der Waals surface area contributed by atoms with E-state index in [1.165, 1.54) is 25.1 Å². The highest BCUT2D eigenvalue weighted by Gasteiger charge is 2.17. The van der Waals surface area contributed by atoms with Gasteiger partial charge in [-0.2, -0.15) is 0 Å². The van der Waals surface area contributed by atoms with Crippen molar-refractivity contribution in [1.82, 2.24) is 5.32 Å². The van der Waals surface area contributed by atoms with Gasteiger partial charge in [0, 0.05) is 17.8 Å². The van der Waals surface area contributed by atoms with Crippen LogP contribution in [0.4, 0.5) is 10.1 Å². The molecule has 1 aromatic rings. The maximum atomic E-state index is 13.3. The summed E-state index contributed by atoms with van der Waals surface area (Å²) < 4.78 is 13.3. The lowest BCUT2D eigenvalue weighted by Crippen LogP contribution is -2.40. The zero-order valence-corrected chi connectivity index (χ0v) is 12.4. The SMILES string of the molecule is Cc1c(F)cccc1NC(=O)C(=O)NCC(O)CC(C)C. The lowest BCUT2D eigenvalue weighted by atomic mass is 10.1. The predicted molar refractivity (Wildman–Crippen MR) is 78.2 cm³/mol. The zero-order chi connectivity index (χ0) is 16.0. The van der Waals surface area contributed by atoms with Crippen LogP contribution in [0.15, 0.2) is 18.2 Å². The zero-order valence-electron chi connectivity index (χ0n) is 12.4. The summed E-state index contributed by atoms with van der Waals surface area (Å²) in [4.78, 5) is 23.3. The fraction of sp³-hybridized carbons (Fsp3) is 0.467. The van der Waals surface area contributed by atoms with E-state index in [1.54, 1.807) is 0 Å². The van der Waals surface area contributed by atoms with Crippen molar-refractivity contribution in [2.75, 3.05) is 11.9 Å². The fourth-order valence-electron chi connectivity index (χ4n) is 1.84. The largest absolute Gasteiger partial charge is 0.391 e. The first kappa shape index (κ1) is 17.1. The Morgan fingerprint density at radius 3 is 2.57 bits per heavy atom. The highest BCUT2D eigenvalue weighted by atomic mass is 19.1. The Balaban J connectivity index is 2.52. The second-order valence-electron chi connectivity index (χ2n) is 5.36. The van der Waals surface area contributed by atoms with Gasteiger partial charge >= 0.3 is 11.8 Å². The lowest BCUT2D eigenvalue weighted by molar-refractivity contribution is -0.136. The Kier molecular flexibility index (Phi) is 6.30. The van der Waals surface area contributed by atoms with E-state index in [0.29, 0.717) is 12.3 Å². The van der Waals surface area contributed by atoms with Crippen LogP contribution in [0, 0.1) is 18.7 Å². The van der Waals surface area contributed by atoms with E-state index in [2.05, 4.69) is 10.6 Å². The number of amides is 2. The van der Waals surface area contributed by atoms with Crippen molar-refractivity contribution >= 4 is 17.5 Å². The number of aliphatic hydroxyl groups excluding tert-OH is 1. The second kappa shape index (κ2) is 7.73. The third kappa shape index (κ3) is 5.51. The highest BCUT2D eigenvalue weighted by molar-refractivity contribution is 6.39. The molecule has 0 bridgehead atoms. The van der Waals surface area contributed by atoms with Gasteiger partial charge in [-0.1, -0.05) is 19.9 Å². The molecule has 1 unspecified atom stereocenters. The smallest absolute Gasteiger partial charge is 0.313 e. The number of anilines is 1. The predicted octanol–water partition coefficient (Wildman–Crippen LogP) is 1.60. The lowest BCUT2D eigenvalue weighted by Gasteiger charge is -2.14. The van der Waals surface area contributed by atoms with Gasteiger partial charge in [0.15, 0.2) is 0 Å². The average molecular weight is 296 g/mol. The summed E-state index contributed by atoms with van der Waals surface area (Å²) in [5.41, 5.74) is 0.511. The molecule has 21 heavy (non-hydrogen) atoms. The third-order valence-corrected chi connectivity index (χ3v) is 2.96. The van der Waals surface area contributed by atoms with Crippen molar-refractivity contribution in [3.8, 4) is 0 Å². The molecule has 1 rings (SSSR count). The maximum Gasteiger partial charge on any atom is 0.313 e. The summed E-state index contributed by atoms with van der Waals surface area (Å²) in [5.74, 6) is -1.91. The molecule has 1 aromatic carbocycles. The quantitative estimate of drug-likeness (QED) is 0.722. The van der Waals surface area contributed by atoms with E-state index in [0.717, 1.165) is 0 Å². The van der Waals surface area contributed by atoms with E-state index < -0.39 is 23.7 Å². The summed E-state index contributed by atoms with van der Waals surface area (Å²) in [6.07, 6.45) is -0.164. The number of carbonyl (C=O) groups excluding carboxylic acids is 2. The molecule has 0 radical (unpaired) electrons. The molecule has 3 N–H and O–H groups in total. The number of halogens is 1. The fourth-order valence-corrected chi connectivity index (χ4v) is 1.84. The van der Waals surface area contributed by atoms with Crippen LogP contribution in [0.1, 0.15) is 25.8 Å². The molecule has 0 saturated heterocycles. The van der Waals surface area contributed by atoms with Crippen LogP contribution in [-0.2, 0) is 9.59 Å². The van der Waals surface area contributed by atoms with Crippen LogP contribution in [0.3, 0.4) is 0 Å². The molecular weight excluding hydrogens is 275 g/mol. The van der Waals surface area contributed by atoms with Gasteiger partial charge in [0.2, 0.25) is 0 Å². The second-order valence-corrected chi connectivity index (χ2v) is 5.36. The third-order valence-electron chi connectivity index (χ3n) is 2.96. The number of hydrogen-bond acceptors (Lipinski definition) is 3. The molecule has 0 aliphatic rings. The van der Waals surface area contributed by atoms with Crippen molar-refractivity contribution in [3.63, 3.8) is 0 Å². The molecule has 0 fully saturated rings. The molecular formula is C15H21FN2O3.